The number of carboxylic acid groups (broad SMARTS) is 1. The summed E-state index contributed by atoms with van der Waals surface area (Å²) in [5, 5.41) is 11.0. The summed E-state index contributed by atoms with van der Waals surface area (Å²) in [6.45, 7) is 0. The van der Waals surface area contributed by atoms with Gasteiger partial charge in [0.25, 0.3) is 0 Å². The number of carbonyl (C=O) groups is 2. The fourth-order valence-electron chi connectivity index (χ4n) is 0.904. The highest BCUT2D eigenvalue weighted by molar-refractivity contribution is 7.05. The Hall–Kier alpha value is -1.43. The van der Waals surface area contributed by atoms with Crippen LogP contribution in [0.1, 0.15) is 17.3 Å². The van der Waals surface area contributed by atoms with Gasteiger partial charge in [-0.1, -0.05) is 0 Å². The van der Waals surface area contributed by atoms with E-state index in [0.717, 1.165) is 4.88 Å². The number of nitrogens with zero attached hydrogens (tertiary/aromatic N) is 1. The van der Waals surface area contributed by atoms with E-state index in [4.69, 9.17) is 5.11 Å². The Morgan fingerprint density at radius 2 is 2.62 bits per heavy atom. The largest absolute Gasteiger partial charge is 0.481 e. The lowest BCUT2D eigenvalue weighted by molar-refractivity contribution is -0.137. The van der Waals surface area contributed by atoms with Gasteiger partial charge in [-0.25, -0.2) is 4.37 Å². The topological polar surface area (TPSA) is 79.3 Å². The van der Waals surface area contributed by atoms with Gasteiger partial charge < -0.3 is 10.4 Å². The Morgan fingerprint density at radius 3 is 3.08 bits per heavy atom. The van der Waals surface area contributed by atoms with Crippen molar-refractivity contribution in [1.82, 2.24) is 9.69 Å². The summed E-state index contributed by atoms with van der Waals surface area (Å²) < 4.78 is 3.83. The third-order valence-electron chi connectivity index (χ3n) is 1.45. The lowest BCUT2D eigenvalue weighted by atomic mass is 10.2. The average Bonchev–Trinajstić information content (AvgIpc) is 2.54. The van der Waals surface area contributed by atoms with Crippen LogP contribution in [-0.2, 0) is 9.59 Å². The van der Waals surface area contributed by atoms with Crippen LogP contribution in [0.3, 0.4) is 0 Å². The molecular formula is C7H8N2O3S. The van der Waals surface area contributed by atoms with Crippen LogP contribution >= 0.6 is 11.5 Å². The number of rotatable bonds is 5. The van der Waals surface area contributed by atoms with Gasteiger partial charge in [-0.15, -0.1) is 0 Å². The zero-order chi connectivity index (χ0) is 9.68. The van der Waals surface area contributed by atoms with Crippen molar-refractivity contribution in [3.05, 3.63) is 17.1 Å². The minimum atomic E-state index is -0.951. The molecule has 70 valence electrons. The summed E-state index contributed by atoms with van der Waals surface area (Å²) in [5.74, 6) is -0.951. The summed E-state index contributed by atoms with van der Waals surface area (Å²) in [6.07, 6.45) is 1.94. The van der Waals surface area contributed by atoms with Gasteiger partial charge in [-0.3, -0.25) is 9.59 Å². The van der Waals surface area contributed by atoms with E-state index in [9.17, 15) is 9.59 Å². The molecule has 5 nitrogen and oxygen atoms in total. The molecule has 0 unspecified atom stereocenters. The van der Waals surface area contributed by atoms with Gasteiger partial charge in [-0.05, 0) is 17.6 Å². The van der Waals surface area contributed by atoms with E-state index in [1.54, 1.807) is 12.3 Å². The fourth-order valence-corrected chi connectivity index (χ4v) is 1.55. The SMILES string of the molecule is O=CN[C@H](CC(=O)O)c1ccns1. The highest BCUT2D eigenvalue weighted by Gasteiger charge is 2.15. The standard InChI is InChI=1S/C7H8N2O3S/c10-4-8-5(3-7(11)12)6-1-2-9-13-6/h1-2,4-5H,3H2,(H,8,10)(H,11,12)/t5-/m1/s1. The molecule has 1 amide bonds. The van der Waals surface area contributed by atoms with Crippen LogP contribution in [0.25, 0.3) is 0 Å². The van der Waals surface area contributed by atoms with Crippen LogP contribution in [0.5, 0.6) is 0 Å². The first-order valence-corrected chi connectivity index (χ1v) is 4.33. The molecule has 1 aromatic heterocycles. The van der Waals surface area contributed by atoms with E-state index >= 15 is 0 Å². The maximum Gasteiger partial charge on any atom is 0.305 e. The molecule has 1 aromatic rings. The maximum absolute atomic E-state index is 10.4. The molecule has 13 heavy (non-hydrogen) atoms. The maximum atomic E-state index is 10.4. The molecule has 1 rings (SSSR count). The second-order valence-electron chi connectivity index (χ2n) is 2.35. The number of nitrogens with one attached hydrogen (secondary N) is 1. The predicted molar refractivity (Wildman–Crippen MR) is 46.3 cm³/mol. The van der Waals surface area contributed by atoms with Gasteiger partial charge in [-0.2, -0.15) is 0 Å². The number of amides is 1. The van der Waals surface area contributed by atoms with Crippen molar-refractivity contribution in [2.45, 2.75) is 12.5 Å². The van der Waals surface area contributed by atoms with Crippen LogP contribution in [-0.4, -0.2) is 21.9 Å². The van der Waals surface area contributed by atoms with Gasteiger partial charge in [0, 0.05) is 11.1 Å². The number of aromatic nitrogens is 1. The van der Waals surface area contributed by atoms with E-state index < -0.39 is 12.0 Å². The quantitative estimate of drug-likeness (QED) is 0.674. The molecule has 0 aromatic carbocycles. The number of hydrogen-bond donors (Lipinski definition) is 2. The lowest BCUT2D eigenvalue weighted by Gasteiger charge is -2.09. The minimum Gasteiger partial charge on any atom is -0.481 e. The average molecular weight is 200 g/mol. The van der Waals surface area contributed by atoms with Crippen LogP contribution in [0.2, 0.25) is 0 Å². The van der Waals surface area contributed by atoms with Gasteiger partial charge in [0.2, 0.25) is 6.41 Å². The second kappa shape index (κ2) is 4.56. The first-order chi connectivity index (χ1) is 6.24. The summed E-state index contributed by atoms with van der Waals surface area (Å²) in [7, 11) is 0. The molecule has 0 aliphatic carbocycles. The summed E-state index contributed by atoms with van der Waals surface area (Å²) in [5.41, 5.74) is 0. The molecule has 1 heterocycles. The molecule has 0 aliphatic rings. The zero-order valence-corrected chi connectivity index (χ0v) is 7.45. The van der Waals surface area contributed by atoms with Crippen molar-refractivity contribution in [3.63, 3.8) is 0 Å². The van der Waals surface area contributed by atoms with Crippen molar-refractivity contribution in [1.29, 1.82) is 0 Å². The van der Waals surface area contributed by atoms with Crippen LogP contribution in [0, 0.1) is 0 Å². The highest BCUT2D eigenvalue weighted by atomic mass is 32.1. The second-order valence-corrected chi connectivity index (χ2v) is 3.21. The van der Waals surface area contributed by atoms with E-state index in [1.165, 1.54) is 11.5 Å². The Balaban J connectivity index is 2.67. The van der Waals surface area contributed by atoms with Crippen molar-refractivity contribution in [3.8, 4) is 0 Å². The van der Waals surface area contributed by atoms with E-state index in [0.29, 0.717) is 6.41 Å². The number of carboxylic acids is 1. The Kier molecular flexibility index (Phi) is 3.39. The fraction of sp³-hybridized carbons (Fsp3) is 0.286. The van der Waals surface area contributed by atoms with Gasteiger partial charge in [0.1, 0.15) is 0 Å². The molecule has 0 spiro atoms. The summed E-state index contributed by atoms with van der Waals surface area (Å²) in [6, 6.07) is 1.22. The third kappa shape index (κ3) is 2.83. The molecule has 0 bridgehead atoms. The van der Waals surface area contributed by atoms with Gasteiger partial charge >= 0.3 is 5.97 Å². The smallest absolute Gasteiger partial charge is 0.305 e. The minimum absolute atomic E-state index is 0.124. The molecule has 0 saturated heterocycles. The van der Waals surface area contributed by atoms with Crippen molar-refractivity contribution < 1.29 is 14.7 Å². The first-order valence-electron chi connectivity index (χ1n) is 3.56. The molecule has 0 radical (unpaired) electrons. The number of aliphatic carboxylic acids is 1. The summed E-state index contributed by atoms with van der Waals surface area (Å²) in [4.78, 5) is 21.3. The molecule has 2 N–H and O–H groups in total. The number of carbonyl (C=O) groups excluding carboxylic acids is 1. The van der Waals surface area contributed by atoms with Crippen LogP contribution < -0.4 is 5.32 Å². The molecule has 6 heteroatoms. The van der Waals surface area contributed by atoms with Crippen LogP contribution in [0.15, 0.2) is 12.3 Å². The van der Waals surface area contributed by atoms with Gasteiger partial charge in [0.15, 0.2) is 0 Å². The van der Waals surface area contributed by atoms with Crippen LogP contribution in [0.4, 0.5) is 0 Å². The molecule has 0 aliphatic heterocycles. The molecule has 0 saturated carbocycles. The normalized spacial score (nSPS) is 12.0. The molecule has 0 fully saturated rings. The first kappa shape index (κ1) is 9.66. The number of hydrogen-bond acceptors (Lipinski definition) is 4. The lowest BCUT2D eigenvalue weighted by Crippen LogP contribution is -2.21. The Morgan fingerprint density at radius 1 is 1.85 bits per heavy atom. The van der Waals surface area contributed by atoms with E-state index in [2.05, 4.69) is 9.69 Å². The molecular weight excluding hydrogens is 192 g/mol. The van der Waals surface area contributed by atoms with Gasteiger partial charge in [0.05, 0.1) is 12.5 Å². The molecule has 1 atom stereocenters. The Bertz CT molecular complexity index is 286. The van der Waals surface area contributed by atoms with Crippen molar-refractivity contribution >= 4 is 23.9 Å². The van der Waals surface area contributed by atoms with E-state index in [1.807, 2.05) is 0 Å². The van der Waals surface area contributed by atoms with E-state index in [-0.39, 0.29) is 6.42 Å². The van der Waals surface area contributed by atoms with Crippen molar-refractivity contribution in [2.24, 2.45) is 0 Å². The highest BCUT2D eigenvalue weighted by Crippen LogP contribution is 2.19. The van der Waals surface area contributed by atoms with Crippen molar-refractivity contribution in [2.75, 3.05) is 0 Å². The Labute approximate surface area is 78.6 Å². The third-order valence-corrected chi connectivity index (χ3v) is 2.31. The monoisotopic (exact) mass is 200 g/mol. The summed E-state index contributed by atoms with van der Waals surface area (Å²) >= 11 is 1.18. The zero-order valence-electron chi connectivity index (χ0n) is 6.64. The predicted octanol–water partition coefficient (Wildman–Crippen LogP) is 0.405.